The van der Waals surface area contributed by atoms with Crippen molar-refractivity contribution in [1.82, 2.24) is 4.57 Å². The van der Waals surface area contributed by atoms with Crippen molar-refractivity contribution in [2.45, 2.75) is 33.4 Å². The summed E-state index contributed by atoms with van der Waals surface area (Å²) in [6.45, 7) is 7.21. The van der Waals surface area contributed by atoms with Crippen LogP contribution in [-0.4, -0.2) is 11.7 Å². The summed E-state index contributed by atoms with van der Waals surface area (Å²) in [6.07, 6.45) is 0. The summed E-state index contributed by atoms with van der Waals surface area (Å²) in [6, 6.07) is 9.28. The van der Waals surface area contributed by atoms with Gasteiger partial charge < -0.3 is 9.30 Å². The topological polar surface area (TPSA) is 14.2 Å². The van der Waals surface area contributed by atoms with Crippen molar-refractivity contribution in [3.63, 3.8) is 0 Å². The molecule has 0 unspecified atom stereocenters. The lowest BCUT2D eigenvalue weighted by Gasteiger charge is -2.14. The second kappa shape index (κ2) is 4.30. The zero-order valence-corrected chi connectivity index (χ0v) is 10.4. The van der Waals surface area contributed by atoms with Crippen LogP contribution in [0.2, 0.25) is 0 Å². The molecule has 16 heavy (non-hydrogen) atoms. The molecule has 0 aliphatic carbocycles. The molecule has 86 valence electrons. The minimum Gasteiger partial charge on any atom is -0.378 e. The summed E-state index contributed by atoms with van der Waals surface area (Å²) < 4.78 is 7.60. The van der Waals surface area contributed by atoms with Gasteiger partial charge in [-0.25, -0.2) is 0 Å². The summed E-state index contributed by atoms with van der Waals surface area (Å²) in [5.41, 5.74) is 3.85. The molecule has 0 saturated heterocycles. The molecule has 0 aliphatic heterocycles. The van der Waals surface area contributed by atoms with Crippen LogP contribution < -0.4 is 0 Å². The van der Waals surface area contributed by atoms with Gasteiger partial charge in [0.15, 0.2) is 0 Å². The highest BCUT2D eigenvalue weighted by atomic mass is 16.5. The predicted molar refractivity (Wildman–Crippen MR) is 67.8 cm³/mol. The van der Waals surface area contributed by atoms with Crippen LogP contribution in [-0.2, 0) is 11.3 Å². The Kier molecular flexibility index (Phi) is 3.01. The van der Waals surface area contributed by atoms with E-state index in [0.717, 1.165) is 0 Å². The Morgan fingerprint density at radius 1 is 1.25 bits per heavy atom. The maximum atomic E-state index is 5.26. The van der Waals surface area contributed by atoms with E-state index in [2.05, 4.69) is 49.6 Å². The Balaban J connectivity index is 2.65. The number of rotatable bonds is 3. The summed E-state index contributed by atoms with van der Waals surface area (Å²) >= 11 is 0. The van der Waals surface area contributed by atoms with Gasteiger partial charge in [0.25, 0.3) is 0 Å². The van der Waals surface area contributed by atoms with Crippen LogP contribution in [0.15, 0.2) is 24.3 Å². The molecule has 0 fully saturated rings. The number of benzene rings is 1. The maximum Gasteiger partial charge on any atom is 0.0864 e. The first-order valence-electron chi connectivity index (χ1n) is 5.73. The smallest absolute Gasteiger partial charge is 0.0864 e. The Labute approximate surface area is 96.8 Å². The molecule has 2 nitrogen and oxygen atoms in total. The second-order valence-electron chi connectivity index (χ2n) is 4.59. The molecule has 1 aromatic carbocycles. The van der Waals surface area contributed by atoms with Crippen LogP contribution in [0.25, 0.3) is 10.9 Å². The van der Waals surface area contributed by atoms with E-state index in [-0.39, 0.29) is 0 Å². The quantitative estimate of drug-likeness (QED) is 0.765. The zero-order chi connectivity index (χ0) is 11.7. The van der Waals surface area contributed by atoms with Gasteiger partial charge in [-0.1, -0.05) is 11.6 Å². The van der Waals surface area contributed by atoms with Gasteiger partial charge in [-0.2, -0.15) is 0 Å². The molecule has 0 N–H and O–H groups in total. The molecule has 0 saturated carbocycles. The average molecular weight is 217 g/mol. The van der Waals surface area contributed by atoms with Gasteiger partial charge in [0.2, 0.25) is 0 Å². The van der Waals surface area contributed by atoms with E-state index in [0.29, 0.717) is 12.6 Å². The SMILES string of the molecule is COCc1cc2cc(C)ccc2n1C(C)C. The highest BCUT2D eigenvalue weighted by Gasteiger charge is 2.10. The Morgan fingerprint density at radius 3 is 2.62 bits per heavy atom. The van der Waals surface area contributed by atoms with Crippen LogP contribution in [0.1, 0.15) is 31.1 Å². The molecule has 0 radical (unpaired) electrons. The minimum atomic E-state index is 0.463. The van der Waals surface area contributed by atoms with Crippen molar-refractivity contribution in [2.75, 3.05) is 7.11 Å². The largest absolute Gasteiger partial charge is 0.378 e. The highest BCUT2D eigenvalue weighted by molar-refractivity contribution is 5.82. The van der Waals surface area contributed by atoms with Crippen molar-refractivity contribution in [3.8, 4) is 0 Å². The molecule has 2 rings (SSSR count). The first-order chi connectivity index (χ1) is 7.63. The monoisotopic (exact) mass is 217 g/mol. The third kappa shape index (κ3) is 1.85. The standard InChI is InChI=1S/C14H19NO/c1-10(2)15-13(9-16-4)8-12-7-11(3)5-6-14(12)15/h5-8,10H,9H2,1-4H3. The van der Waals surface area contributed by atoms with Gasteiger partial charge in [-0.3, -0.25) is 0 Å². The predicted octanol–water partition coefficient (Wildman–Crippen LogP) is 3.68. The first-order valence-corrected chi connectivity index (χ1v) is 5.73. The van der Waals surface area contributed by atoms with Crippen LogP contribution in [0.5, 0.6) is 0 Å². The van der Waals surface area contributed by atoms with Crippen molar-refractivity contribution in [1.29, 1.82) is 0 Å². The van der Waals surface area contributed by atoms with Crippen molar-refractivity contribution in [3.05, 3.63) is 35.5 Å². The van der Waals surface area contributed by atoms with Crippen molar-refractivity contribution < 1.29 is 4.74 Å². The highest BCUT2D eigenvalue weighted by Crippen LogP contribution is 2.25. The van der Waals surface area contributed by atoms with E-state index in [9.17, 15) is 0 Å². The minimum absolute atomic E-state index is 0.463. The molecule has 0 bridgehead atoms. The lowest BCUT2D eigenvalue weighted by atomic mass is 10.2. The number of hydrogen-bond acceptors (Lipinski definition) is 1. The fourth-order valence-electron chi connectivity index (χ4n) is 2.28. The fourth-order valence-corrected chi connectivity index (χ4v) is 2.28. The number of hydrogen-bond donors (Lipinski definition) is 0. The van der Waals surface area contributed by atoms with Crippen LogP contribution in [0.4, 0.5) is 0 Å². The molecule has 1 heterocycles. The first kappa shape index (κ1) is 11.2. The zero-order valence-electron chi connectivity index (χ0n) is 10.4. The number of nitrogens with zero attached hydrogens (tertiary/aromatic N) is 1. The van der Waals surface area contributed by atoms with E-state index in [1.54, 1.807) is 7.11 Å². The summed E-state index contributed by atoms with van der Waals surface area (Å²) in [4.78, 5) is 0. The Bertz CT molecular complexity index is 497. The molecule has 1 aromatic heterocycles. The van der Waals surface area contributed by atoms with E-state index in [1.165, 1.54) is 22.2 Å². The van der Waals surface area contributed by atoms with Crippen LogP contribution >= 0.6 is 0 Å². The molecular weight excluding hydrogens is 198 g/mol. The van der Waals surface area contributed by atoms with E-state index >= 15 is 0 Å². The van der Waals surface area contributed by atoms with Gasteiger partial charge in [-0.15, -0.1) is 0 Å². The van der Waals surface area contributed by atoms with Gasteiger partial charge in [-0.05, 0) is 39.0 Å². The van der Waals surface area contributed by atoms with Crippen molar-refractivity contribution >= 4 is 10.9 Å². The number of ether oxygens (including phenoxy) is 1. The summed E-state index contributed by atoms with van der Waals surface area (Å²) in [5.74, 6) is 0. The summed E-state index contributed by atoms with van der Waals surface area (Å²) in [5, 5.41) is 1.31. The number of methoxy groups -OCH3 is 1. The van der Waals surface area contributed by atoms with Gasteiger partial charge in [0.05, 0.1) is 6.61 Å². The maximum absolute atomic E-state index is 5.26. The lowest BCUT2D eigenvalue weighted by molar-refractivity contribution is 0.177. The number of aromatic nitrogens is 1. The Morgan fingerprint density at radius 2 is 2.00 bits per heavy atom. The van der Waals surface area contributed by atoms with Gasteiger partial charge in [0, 0.05) is 29.7 Å². The fraction of sp³-hybridized carbons (Fsp3) is 0.429. The normalized spacial score (nSPS) is 11.6. The molecule has 2 aromatic rings. The lowest BCUT2D eigenvalue weighted by Crippen LogP contribution is -2.05. The molecule has 0 amide bonds. The Hall–Kier alpha value is -1.28. The number of aryl methyl sites for hydroxylation is 1. The van der Waals surface area contributed by atoms with Gasteiger partial charge >= 0.3 is 0 Å². The molecular formula is C14H19NO. The van der Waals surface area contributed by atoms with Gasteiger partial charge in [0.1, 0.15) is 0 Å². The van der Waals surface area contributed by atoms with Crippen LogP contribution in [0, 0.1) is 6.92 Å². The van der Waals surface area contributed by atoms with Crippen LogP contribution in [0.3, 0.4) is 0 Å². The molecule has 0 spiro atoms. The molecule has 2 heteroatoms. The van der Waals surface area contributed by atoms with E-state index in [1.807, 2.05) is 0 Å². The molecule has 0 aliphatic rings. The average Bonchev–Trinajstić information content (AvgIpc) is 2.55. The van der Waals surface area contributed by atoms with E-state index < -0.39 is 0 Å². The van der Waals surface area contributed by atoms with E-state index in [4.69, 9.17) is 4.74 Å². The summed E-state index contributed by atoms with van der Waals surface area (Å²) in [7, 11) is 1.74. The molecule has 0 atom stereocenters. The second-order valence-corrected chi connectivity index (χ2v) is 4.59. The number of fused-ring (bicyclic) bond motifs is 1. The van der Waals surface area contributed by atoms with Crippen molar-refractivity contribution in [2.24, 2.45) is 0 Å². The third-order valence-corrected chi connectivity index (χ3v) is 2.88. The third-order valence-electron chi connectivity index (χ3n) is 2.88.